The van der Waals surface area contributed by atoms with Crippen molar-refractivity contribution >= 4 is 17.0 Å². The second-order valence-electron chi connectivity index (χ2n) is 4.62. The largest absolute Gasteiger partial charge is 0.486 e. The number of hydrogen-bond donors (Lipinski definition) is 2. The summed E-state index contributed by atoms with van der Waals surface area (Å²) in [6.07, 6.45) is 3.11. The van der Waals surface area contributed by atoms with E-state index >= 15 is 0 Å². The van der Waals surface area contributed by atoms with Gasteiger partial charge in [-0.05, 0) is 6.07 Å². The molecule has 21 heavy (non-hydrogen) atoms. The zero-order valence-electron chi connectivity index (χ0n) is 11.2. The van der Waals surface area contributed by atoms with Crippen LogP contribution in [0.3, 0.4) is 0 Å². The van der Waals surface area contributed by atoms with Crippen molar-refractivity contribution in [1.29, 1.82) is 0 Å². The van der Waals surface area contributed by atoms with Crippen molar-refractivity contribution < 1.29 is 9.47 Å². The quantitative estimate of drug-likeness (QED) is 0.761. The maximum absolute atomic E-state index is 5.70. The number of rotatable bonds is 3. The molecule has 0 spiro atoms. The van der Waals surface area contributed by atoms with Crippen molar-refractivity contribution in [2.45, 2.75) is 6.54 Å². The van der Waals surface area contributed by atoms with Gasteiger partial charge in [0.05, 0.1) is 6.33 Å². The number of nitrogens with zero attached hydrogens (tertiary/aromatic N) is 3. The molecule has 0 saturated heterocycles. The highest BCUT2D eigenvalue weighted by molar-refractivity contribution is 5.81. The van der Waals surface area contributed by atoms with E-state index < -0.39 is 0 Å². The van der Waals surface area contributed by atoms with Gasteiger partial charge in [0, 0.05) is 12.1 Å². The second kappa shape index (κ2) is 4.93. The van der Waals surface area contributed by atoms with E-state index in [-0.39, 0.29) is 0 Å². The molecule has 0 aliphatic carbocycles. The molecule has 0 amide bonds. The molecule has 0 unspecified atom stereocenters. The Hall–Kier alpha value is -2.83. The van der Waals surface area contributed by atoms with Gasteiger partial charge in [-0.25, -0.2) is 15.0 Å². The van der Waals surface area contributed by atoms with Crippen LogP contribution in [0.1, 0.15) is 5.56 Å². The van der Waals surface area contributed by atoms with Crippen molar-refractivity contribution in [3.05, 3.63) is 36.4 Å². The minimum absolute atomic E-state index is 0.571. The number of nitrogens with one attached hydrogen (secondary N) is 2. The Bertz CT molecular complexity index is 786. The van der Waals surface area contributed by atoms with Gasteiger partial charge < -0.3 is 19.8 Å². The van der Waals surface area contributed by atoms with E-state index in [1.54, 1.807) is 6.33 Å². The summed E-state index contributed by atoms with van der Waals surface area (Å²) in [5, 5.41) is 3.27. The molecule has 2 aromatic heterocycles. The number of imidazole rings is 1. The summed E-state index contributed by atoms with van der Waals surface area (Å²) in [5.74, 6) is 2.27. The third-order valence-electron chi connectivity index (χ3n) is 3.31. The van der Waals surface area contributed by atoms with Crippen LogP contribution in [0.5, 0.6) is 11.5 Å². The molecular formula is C14H13N5O2. The number of benzene rings is 1. The summed E-state index contributed by atoms with van der Waals surface area (Å²) in [7, 11) is 0. The first-order valence-electron chi connectivity index (χ1n) is 6.67. The third-order valence-corrected chi connectivity index (χ3v) is 3.31. The first kappa shape index (κ1) is 12.0. The fraction of sp³-hybridized carbons (Fsp3) is 0.214. The van der Waals surface area contributed by atoms with E-state index in [1.807, 2.05) is 18.2 Å². The fourth-order valence-corrected chi connectivity index (χ4v) is 2.35. The SMILES string of the molecule is c1cc(CNc2ncnc3[nH]cnc23)c2c(c1)OCCO2. The van der Waals surface area contributed by atoms with Crippen LogP contribution >= 0.6 is 0 Å². The van der Waals surface area contributed by atoms with Crippen LogP contribution in [0.4, 0.5) is 5.82 Å². The van der Waals surface area contributed by atoms with Gasteiger partial charge in [-0.1, -0.05) is 12.1 Å². The minimum Gasteiger partial charge on any atom is -0.486 e. The first-order chi connectivity index (χ1) is 10.4. The highest BCUT2D eigenvalue weighted by Gasteiger charge is 2.15. The average molecular weight is 283 g/mol. The zero-order chi connectivity index (χ0) is 14.1. The molecule has 0 fully saturated rings. The molecule has 0 saturated carbocycles. The smallest absolute Gasteiger partial charge is 0.166 e. The summed E-state index contributed by atoms with van der Waals surface area (Å²) in [4.78, 5) is 15.5. The summed E-state index contributed by atoms with van der Waals surface area (Å²) in [5.41, 5.74) is 2.45. The van der Waals surface area contributed by atoms with Crippen LogP contribution in [-0.2, 0) is 6.54 Å². The maximum Gasteiger partial charge on any atom is 0.166 e. The summed E-state index contributed by atoms with van der Waals surface area (Å²) in [6, 6.07) is 5.87. The van der Waals surface area contributed by atoms with E-state index in [4.69, 9.17) is 9.47 Å². The first-order valence-corrected chi connectivity index (χ1v) is 6.67. The van der Waals surface area contributed by atoms with Crippen molar-refractivity contribution in [3.63, 3.8) is 0 Å². The molecule has 1 aromatic carbocycles. The number of anilines is 1. The number of H-pyrrole nitrogens is 1. The lowest BCUT2D eigenvalue weighted by atomic mass is 10.1. The van der Waals surface area contributed by atoms with E-state index in [0.717, 1.165) is 22.6 Å². The van der Waals surface area contributed by atoms with Gasteiger partial charge in [-0.3, -0.25) is 0 Å². The van der Waals surface area contributed by atoms with Crippen LogP contribution in [0, 0.1) is 0 Å². The Balaban J connectivity index is 1.61. The summed E-state index contributed by atoms with van der Waals surface area (Å²) < 4.78 is 11.3. The van der Waals surface area contributed by atoms with Crippen molar-refractivity contribution in [1.82, 2.24) is 19.9 Å². The molecule has 2 N–H and O–H groups in total. The zero-order valence-corrected chi connectivity index (χ0v) is 11.2. The third kappa shape index (κ3) is 2.12. The van der Waals surface area contributed by atoms with Crippen LogP contribution in [0.2, 0.25) is 0 Å². The highest BCUT2D eigenvalue weighted by Crippen LogP contribution is 2.34. The van der Waals surface area contributed by atoms with Gasteiger partial charge in [-0.2, -0.15) is 0 Å². The van der Waals surface area contributed by atoms with E-state index in [9.17, 15) is 0 Å². The lowest BCUT2D eigenvalue weighted by Gasteiger charge is -2.21. The molecule has 0 atom stereocenters. The summed E-state index contributed by atoms with van der Waals surface area (Å²) in [6.45, 7) is 1.73. The molecular weight excluding hydrogens is 270 g/mol. The standard InChI is InChI=1S/C14H13N5O2/c1-2-9(12-10(3-1)20-4-5-21-12)6-15-13-11-14(17-7-16-11)19-8-18-13/h1-3,7-8H,4-6H2,(H2,15,16,17,18,19). The van der Waals surface area contributed by atoms with Crippen LogP contribution < -0.4 is 14.8 Å². The highest BCUT2D eigenvalue weighted by atomic mass is 16.6. The fourth-order valence-electron chi connectivity index (χ4n) is 2.35. The topological polar surface area (TPSA) is 85.0 Å². The van der Waals surface area contributed by atoms with Crippen LogP contribution in [0.15, 0.2) is 30.9 Å². The van der Waals surface area contributed by atoms with E-state index in [2.05, 4.69) is 25.3 Å². The number of fused-ring (bicyclic) bond motifs is 2. The van der Waals surface area contributed by atoms with Crippen LogP contribution in [-0.4, -0.2) is 33.1 Å². The lowest BCUT2D eigenvalue weighted by Crippen LogP contribution is -2.17. The van der Waals surface area contributed by atoms with E-state index in [1.165, 1.54) is 6.33 Å². The Morgan fingerprint density at radius 3 is 3.10 bits per heavy atom. The number of para-hydroxylation sites is 1. The minimum atomic E-state index is 0.571. The van der Waals surface area contributed by atoms with Crippen molar-refractivity contribution in [3.8, 4) is 11.5 Å². The van der Waals surface area contributed by atoms with Crippen molar-refractivity contribution in [2.24, 2.45) is 0 Å². The molecule has 0 radical (unpaired) electrons. The maximum atomic E-state index is 5.70. The summed E-state index contributed by atoms with van der Waals surface area (Å²) >= 11 is 0. The molecule has 106 valence electrons. The molecule has 3 heterocycles. The van der Waals surface area contributed by atoms with Gasteiger partial charge in [0.25, 0.3) is 0 Å². The molecule has 0 bridgehead atoms. The van der Waals surface area contributed by atoms with Gasteiger partial charge in [-0.15, -0.1) is 0 Å². The van der Waals surface area contributed by atoms with E-state index in [0.29, 0.717) is 31.2 Å². The Kier molecular flexibility index (Phi) is 2.81. The molecule has 7 heteroatoms. The second-order valence-corrected chi connectivity index (χ2v) is 4.62. The number of aromatic nitrogens is 4. The van der Waals surface area contributed by atoms with Gasteiger partial charge in [0.15, 0.2) is 23.0 Å². The van der Waals surface area contributed by atoms with Crippen molar-refractivity contribution in [2.75, 3.05) is 18.5 Å². The number of ether oxygens (including phenoxy) is 2. The predicted molar refractivity (Wildman–Crippen MR) is 76.4 cm³/mol. The number of hydrogen-bond acceptors (Lipinski definition) is 6. The average Bonchev–Trinajstić information content (AvgIpc) is 3.02. The van der Waals surface area contributed by atoms with Gasteiger partial charge >= 0.3 is 0 Å². The van der Waals surface area contributed by atoms with Gasteiger partial charge in [0.2, 0.25) is 0 Å². The predicted octanol–water partition coefficient (Wildman–Crippen LogP) is 1.74. The molecule has 7 nitrogen and oxygen atoms in total. The Morgan fingerprint density at radius 1 is 1.14 bits per heavy atom. The lowest BCUT2D eigenvalue weighted by molar-refractivity contribution is 0.170. The van der Waals surface area contributed by atoms with Gasteiger partial charge in [0.1, 0.15) is 25.1 Å². The molecule has 1 aliphatic heterocycles. The monoisotopic (exact) mass is 283 g/mol. The molecule has 4 rings (SSSR count). The normalized spacial score (nSPS) is 13.3. The Labute approximate surface area is 120 Å². The molecule has 3 aromatic rings. The van der Waals surface area contributed by atoms with Crippen LogP contribution in [0.25, 0.3) is 11.2 Å². The molecule has 1 aliphatic rings. The number of aromatic amines is 1. The Morgan fingerprint density at radius 2 is 2.10 bits per heavy atom.